The molecule has 1 heterocycles. The zero-order valence-electron chi connectivity index (χ0n) is 13.5. The summed E-state index contributed by atoms with van der Waals surface area (Å²) >= 11 is 0. The third kappa shape index (κ3) is 7.91. The van der Waals surface area contributed by atoms with Crippen LogP contribution in [-0.2, 0) is 0 Å². The second-order valence-corrected chi connectivity index (χ2v) is 7.17. The molecule has 1 fully saturated rings. The van der Waals surface area contributed by atoms with Gasteiger partial charge in [0.25, 0.3) is 0 Å². The molecule has 0 unspecified atom stereocenters. The summed E-state index contributed by atoms with van der Waals surface area (Å²) in [5.74, 6) is 0. The van der Waals surface area contributed by atoms with Gasteiger partial charge in [0, 0.05) is 32.7 Å². The van der Waals surface area contributed by atoms with Gasteiger partial charge in [-0.2, -0.15) is 0 Å². The van der Waals surface area contributed by atoms with E-state index in [1.165, 1.54) is 39.1 Å². The van der Waals surface area contributed by atoms with E-state index >= 15 is 0 Å². The zero-order chi connectivity index (χ0) is 14.3. The molecular formula is C16H34N2O. The number of likely N-dealkylation sites (N-methyl/N-ethyl adjacent to an activating group) is 1. The second kappa shape index (κ2) is 8.23. The molecule has 1 aliphatic rings. The van der Waals surface area contributed by atoms with E-state index in [0.29, 0.717) is 5.41 Å². The lowest BCUT2D eigenvalue weighted by molar-refractivity contribution is 0.0981. The van der Waals surface area contributed by atoms with Crippen LogP contribution >= 0.6 is 0 Å². The standard InChI is InChI=1S/C16H34N2O/c1-5-17-11-13-18(14-12-17)10-8-15(19)7-6-9-16(2,3)4/h15,19H,5-14H2,1-4H3/t15-/m1/s1. The molecule has 0 bridgehead atoms. The van der Waals surface area contributed by atoms with Crippen molar-refractivity contribution in [3.8, 4) is 0 Å². The van der Waals surface area contributed by atoms with Crippen molar-refractivity contribution >= 4 is 0 Å². The first-order valence-corrected chi connectivity index (χ1v) is 8.03. The summed E-state index contributed by atoms with van der Waals surface area (Å²) in [5, 5.41) is 10.0. The van der Waals surface area contributed by atoms with Gasteiger partial charge in [-0.1, -0.05) is 34.1 Å². The SMILES string of the molecule is CCN1CCN(CC[C@H](O)CCCC(C)(C)C)CC1. The fourth-order valence-electron chi connectivity index (χ4n) is 2.67. The van der Waals surface area contributed by atoms with Crippen LogP contribution in [0.4, 0.5) is 0 Å². The van der Waals surface area contributed by atoms with Gasteiger partial charge in [0.1, 0.15) is 0 Å². The highest BCUT2D eigenvalue weighted by Crippen LogP contribution is 2.22. The third-order valence-corrected chi connectivity index (χ3v) is 4.15. The molecule has 0 aromatic heterocycles. The number of aliphatic hydroxyl groups is 1. The smallest absolute Gasteiger partial charge is 0.0552 e. The summed E-state index contributed by atoms with van der Waals surface area (Å²) < 4.78 is 0. The van der Waals surface area contributed by atoms with Gasteiger partial charge in [0.2, 0.25) is 0 Å². The van der Waals surface area contributed by atoms with E-state index in [2.05, 4.69) is 37.5 Å². The van der Waals surface area contributed by atoms with Crippen molar-refractivity contribution in [2.24, 2.45) is 5.41 Å². The molecule has 0 aliphatic carbocycles. The van der Waals surface area contributed by atoms with Crippen molar-refractivity contribution in [2.75, 3.05) is 39.3 Å². The number of rotatable bonds is 7. The highest BCUT2D eigenvalue weighted by Gasteiger charge is 2.16. The van der Waals surface area contributed by atoms with E-state index in [0.717, 1.165) is 25.8 Å². The van der Waals surface area contributed by atoms with Gasteiger partial charge < -0.3 is 14.9 Å². The fourth-order valence-corrected chi connectivity index (χ4v) is 2.67. The minimum absolute atomic E-state index is 0.105. The van der Waals surface area contributed by atoms with Crippen LogP contribution in [0.3, 0.4) is 0 Å². The first-order valence-electron chi connectivity index (χ1n) is 8.03. The maximum absolute atomic E-state index is 10.0. The molecule has 1 atom stereocenters. The summed E-state index contributed by atoms with van der Waals surface area (Å²) in [6.07, 6.45) is 4.15. The van der Waals surface area contributed by atoms with Crippen LogP contribution in [0.25, 0.3) is 0 Å². The number of piperazine rings is 1. The molecule has 0 aromatic rings. The monoisotopic (exact) mass is 270 g/mol. The predicted octanol–water partition coefficient (Wildman–Crippen LogP) is 2.59. The summed E-state index contributed by atoms with van der Waals surface area (Å²) in [7, 11) is 0. The van der Waals surface area contributed by atoms with Crippen LogP contribution in [-0.4, -0.2) is 60.3 Å². The van der Waals surface area contributed by atoms with Gasteiger partial charge in [-0.25, -0.2) is 0 Å². The second-order valence-electron chi connectivity index (χ2n) is 7.17. The van der Waals surface area contributed by atoms with E-state index in [1.54, 1.807) is 0 Å². The molecule has 1 aliphatic heterocycles. The van der Waals surface area contributed by atoms with E-state index in [9.17, 15) is 5.11 Å². The average Bonchev–Trinajstić information content (AvgIpc) is 2.35. The first kappa shape index (κ1) is 16.9. The van der Waals surface area contributed by atoms with Crippen LogP contribution in [0.15, 0.2) is 0 Å². The Kier molecular flexibility index (Phi) is 7.33. The van der Waals surface area contributed by atoms with E-state index in [1.807, 2.05) is 0 Å². The van der Waals surface area contributed by atoms with E-state index in [-0.39, 0.29) is 6.10 Å². The lowest BCUT2D eigenvalue weighted by Gasteiger charge is -2.34. The van der Waals surface area contributed by atoms with Crippen molar-refractivity contribution in [1.29, 1.82) is 0 Å². The number of aliphatic hydroxyl groups excluding tert-OH is 1. The van der Waals surface area contributed by atoms with Gasteiger partial charge >= 0.3 is 0 Å². The summed E-state index contributed by atoms with van der Waals surface area (Å²) in [6.45, 7) is 16.0. The lowest BCUT2D eigenvalue weighted by Crippen LogP contribution is -2.46. The Morgan fingerprint density at radius 1 is 1.00 bits per heavy atom. The van der Waals surface area contributed by atoms with Crippen LogP contribution in [0.1, 0.15) is 53.4 Å². The van der Waals surface area contributed by atoms with Crippen LogP contribution < -0.4 is 0 Å². The summed E-state index contributed by atoms with van der Waals surface area (Å²) in [5.41, 5.74) is 0.399. The zero-order valence-corrected chi connectivity index (χ0v) is 13.5. The summed E-state index contributed by atoms with van der Waals surface area (Å²) in [4.78, 5) is 5.00. The molecule has 114 valence electrons. The molecule has 1 N–H and O–H groups in total. The van der Waals surface area contributed by atoms with Crippen molar-refractivity contribution in [2.45, 2.75) is 59.5 Å². The Hall–Kier alpha value is -0.120. The molecule has 1 saturated heterocycles. The van der Waals surface area contributed by atoms with Crippen molar-refractivity contribution in [3.63, 3.8) is 0 Å². The van der Waals surface area contributed by atoms with Crippen LogP contribution in [0, 0.1) is 5.41 Å². The highest BCUT2D eigenvalue weighted by molar-refractivity contribution is 4.72. The third-order valence-electron chi connectivity index (χ3n) is 4.15. The molecule has 0 radical (unpaired) electrons. The normalized spacial score (nSPS) is 20.7. The topological polar surface area (TPSA) is 26.7 Å². The molecule has 0 spiro atoms. The quantitative estimate of drug-likeness (QED) is 0.770. The summed E-state index contributed by atoms with van der Waals surface area (Å²) in [6, 6.07) is 0. The van der Waals surface area contributed by atoms with Crippen molar-refractivity contribution in [3.05, 3.63) is 0 Å². The van der Waals surface area contributed by atoms with Crippen LogP contribution in [0.2, 0.25) is 0 Å². The van der Waals surface area contributed by atoms with E-state index < -0.39 is 0 Å². The maximum Gasteiger partial charge on any atom is 0.0552 e. The number of nitrogens with zero attached hydrogens (tertiary/aromatic N) is 2. The molecule has 19 heavy (non-hydrogen) atoms. The molecule has 1 rings (SSSR count). The van der Waals surface area contributed by atoms with Gasteiger partial charge in [-0.05, 0) is 31.2 Å². The van der Waals surface area contributed by atoms with E-state index in [4.69, 9.17) is 0 Å². The fraction of sp³-hybridized carbons (Fsp3) is 1.00. The van der Waals surface area contributed by atoms with Crippen molar-refractivity contribution < 1.29 is 5.11 Å². The molecule has 3 nitrogen and oxygen atoms in total. The number of hydrogen-bond donors (Lipinski definition) is 1. The lowest BCUT2D eigenvalue weighted by atomic mass is 9.89. The maximum atomic E-state index is 10.0. The van der Waals surface area contributed by atoms with Gasteiger partial charge in [-0.15, -0.1) is 0 Å². The molecule has 0 amide bonds. The Morgan fingerprint density at radius 2 is 1.58 bits per heavy atom. The Bertz CT molecular complexity index is 229. The molecule has 0 saturated carbocycles. The largest absolute Gasteiger partial charge is 0.393 e. The molecular weight excluding hydrogens is 236 g/mol. The first-order chi connectivity index (χ1) is 8.90. The minimum Gasteiger partial charge on any atom is -0.393 e. The van der Waals surface area contributed by atoms with Gasteiger partial charge in [0.15, 0.2) is 0 Å². The Labute approximate surface area is 120 Å². The molecule has 3 heteroatoms. The van der Waals surface area contributed by atoms with Gasteiger partial charge in [0.05, 0.1) is 6.10 Å². The Morgan fingerprint density at radius 3 is 2.11 bits per heavy atom. The predicted molar refractivity (Wildman–Crippen MR) is 82.5 cm³/mol. The van der Waals surface area contributed by atoms with Crippen LogP contribution in [0.5, 0.6) is 0 Å². The number of hydrogen-bond acceptors (Lipinski definition) is 3. The Balaban J connectivity index is 2.05. The highest BCUT2D eigenvalue weighted by atomic mass is 16.3. The average molecular weight is 270 g/mol. The van der Waals surface area contributed by atoms with Gasteiger partial charge in [-0.3, -0.25) is 0 Å². The molecule has 0 aromatic carbocycles. The van der Waals surface area contributed by atoms with Crippen molar-refractivity contribution in [1.82, 2.24) is 9.80 Å². The minimum atomic E-state index is -0.105.